The molecular weight excluding hydrogens is 444 g/mol. The van der Waals surface area contributed by atoms with Gasteiger partial charge in [0.15, 0.2) is 5.82 Å². The number of nitrogens with one attached hydrogen (secondary N) is 4. The van der Waals surface area contributed by atoms with E-state index in [1.807, 2.05) is 26.0 Å². The van der Waals surface area contributed by atoms with Crippen LogP contribution in [0.3, 0.4) is 0 Å². The van der Waals surface area contributed by atoms with Crippen molar-refractivity contribution in [3.8, 4) is 5.75 Å². The van der Waals surface area contributed by atoms with E-state index in [9.17, 15) is 14.7 Å². The zero-order chi connectivity index (χ0) is 24.9. The van der Waals surface area contributed by atoms with E-state index in [4.69, 9.17) is 5.73 Å². The summed E-state index contributed by atoms with van der Waals surface area (Å²) in [6, 6.07) is 19.3. The average Bonchev–Trinajstić information content (AvgIpc) is 3.24. The second-order valence-electron chi connectivity index (χ2n) is 8.16. The Hall–Kier alpha value is -4.79. The second kappa shape index (κ2) is 10.0. The molecule has 0 aliphatic carbocycles. The quantitative estimate of drug-likeness (QED) is 0.225. The number of nitrogens with zero attached hydrogens (tertiary/aromatic N) is 1. The number of H-pyrrole nitrogens is 1. The number of aromatic amines is 1. The summed E-state index contributed by atoms with van der Waals surface area (Å²) < 4.78 is 0. The number of hydrogen-bond acceptors (Lipinski definition) is 6. The summed E-state index contributed by atoms with van der Waals surface area (Å²) in [5, 5.41) is 25.4. The highest BCUT2D eigenvalue weighted by Crippen LogP contribution is 2.26. The molecule has 0 bridgehead atoms. The number of primary amides is 1. The topological polar surface area (TPSA) is 145 Å². The van der Waals surface area contributed by atoms with Crippen LogP contribution in [0.2, 0.25) is 0 Å². The predicted octanol–water partition coefficient (Wildman–Crippen LogP) is 4.44. The van der Waals surface area contributed by atoms with Gasteiger partial charge in [-0.1, -0.05) is 18.2 Å². The number of phenolic OH excluding ortho intramolecular Hbond substituents is 1. The maximum Gasteiger partial charge on any atom is 0.256 e. The fraction of sp³-hybridized carbons (Fsp3) is 0.115. The molecule has 3 aromatic carbocycles. The van der Waals surface area contributed by atoms with Crippen LogP contribution in [0.4, 0.5) is 23.0 Å². The minimum Gasteiger partial charge on any atom is -0.508 e. The summed E-state index contributed by atoms with van der Waals surface area (Å²) in [4.78, 5) is 24.7. The molecule has 9 heteroatoms. The summed E-state index contributed by atoms with van der Waals surface area (Å²) >= 11 is 0. The second-order valence-corrected chi connectivity index (χ2v) is 8.16. The normalized spacial score (nSPS) is 10.6. The number of amides is 2. The van der Waals surface area contributed by atoms with Crippen LogP contribution in [0.5, 0.6) is 5.75 Å². The van der Waals surface area contributed by atoms with Crippen LogP contribution in [-0.2, 0) is 6.54 Å². The molecule has 0 saturated heterocycles. The molecule has 1 heterocycles. The third-order valence-corrected chi connectivity index (χ3v) is 5.59. The highest BCUT2D eigenvalue weighted by molar-refractivity contribution is 6.05. The molecular formula is C26H26N6O3. The third kappa shape index (κ3) is 5.59. The minimum atomic E-state index is -0.647. The lowest BCUT2D eigenvalue weighted by Crippen LogP contribution is -2.15. The summed E-state index contributed by atoms with van der Waals surface area (Å²) in [5.74, 6) is -0.00824. The third-order valence-electron chi connectivity index (χ3n) is 5.59. The Morgan fingerprint density at radius 2 is 1.63 bits per heavy atom. The first-order chi connectivity index (χ1) is 16.8. The first-order valence-corrected chi connectivity index (χ1v) is 11.0. The Morgan fingerprint density at radius 1 is 0.943 bits per heavy atom. The lowest BCUT2D eigenvalue weighted by atomic mass is 10.1. The largest absolute Gasteiger partial charge is 0.508 e. The van der Waals surface area contributed by atoms with Crippen molar-refractivity contribution in [1.82, 2.24) is 10.2 Å². The van der Waals surface area contributed by atoms with Gasteiger partial charge in [0.05, 0.1) is 0 Å². The highest BCUT2D eigenvalue weighted by Gasteiger charge is 2.18. The van der Waals surface area contributed by atoms with Gasteiger partial charge in [-0.25, -0.2) is 0 Å². The smallest absolute Gasteiger partial charge is 0.256 e. The van der Waals surface area contributed by atoms with Crippen LogP contribution < -0.4 is 21.7 Å². The van der Waals surface area contributed by atoms with Gasteiger partial charge in [0.1, 0.15) is 17.1 Å². The van der Waals surface area contributed by atoms with E-state index in [0.29, 0.717) is 35.1 Å². The Balaban J connectivity index is 1.43. The van der Waals surface area contributed by atoms with Crippen LogP contribution in [-0.4, -0.2) is 27.1 Å². The Kier molecular flexibility index (Phi) is 6.68. The molecule has 0 atom stereocenters. The minimum absolute atomic E-state index is 0.175. The Labute approximate surface area is 202 Å². The standard InChI is InChI=1S/C26H26N6O3/c1-15-3-6-18(13-16(15)2)26(35)30-20-9-7-19(8-10-20)29-25-22(23(27)34)24(31-32-25)28-14-17-4-11-21(33)12-5-17/h3-13,33H,14H2,1-2H3,(H2,27,34)(H,30,35)(H3,28,29,31,32). The van der Waals surface area contributed by atoms with Gasteiger partial charge >= 0.3 is 0 Å². The summed E-state index contributed by atoms with van der Waals surface area (Å²) in [6.45, 7) is 4.36. The van der Waals surface area contributed by atoms with Gasteiger partial charge in [-0.05, 0) is 79.1 Å². The number of carbonyl (C=O) groups excluding carboxylic acids is 2. The van der Waals surface area contributed by atoms with Crippen LogP contribution in [0, 0.1) is 13.8 Å². The molecule has 4 rings (SSSR count). The molecule has 0 radical (unpaired) electrons. The number of aryl methyl sites for hydroxylation is 2. The van der Waals surface area contributed by atoms with E-state index in [2.05, 4.69) is 26.1 Å². The lowest BCUT2D eigenvalue weighted by Gasteiger charge is -2.10. The fourth-order valence-electron chi connectivity index (χ4n) is 3.47. The van der Waals surface area contributed by atoms with E-state index < -0.39 is 5.91 Å². The van der Waals surface area contributed by atoms with Crippen molar-refractivity contribution in [3.63, 3.8) is 0 Å². The fourth-order valence-corrected chi connectivity index (χ4v) is 3.47. The van der Waals surface area contributed by atoms with Crippen molar-refractivity contribution in [3.05, 3.63) is 94.5 Å². The summed E-state index contributed by atoms with van der Waals surface area (Å²) in [7, 11) is 0. The van der Waals surface area contributed by atoms with E-state index in [0.717, 1.165) is 16.7 Å². The average molecular weight is 471 g/mol. The van der Waals surface area contributed by atoms with Crippen LogP contribution in [0.1, 0.15) is 37.4 Å². The van der Waals surface area contributed by atoms with Gasteiger partial charge in [0.25, 0.3) is 11.8 Å². The first-order valence-electron chi connectivity index (χ1n) is 11.0. The van der Waals surface area contributed by atoms with Crippen molar-refractivity contribution < 1.29 is 14.7 Å². The van der Waals surface area contributed by atoms with Crippen molar-refractivity contribution >= 4 is 34.8 Å². The number of rotatable bonds is 8. The van der Waals surface area contributed by atoms with Crippen LogP contribution in [0.25, 0.3) is 0 Å². The number of anilines is 4. The molecule has 9 nitrogen and oxygen atoms in total. The maximum atomic E-state index is 12.5. The Bertz CT molecular complexity index is 1360. The SMILES string of the molecule is Cc1ccc(C(=O)Nc2ccc(Nc3[nH]nc(NCc4ccc(O)cc4)c3C(N)=O)cc2)cc1C. The molecule has 0 aliphatic rings. The molecule has 1 aromatic heterocycles. The van der Waals surface area contributed by atoms with E-state index in [1.54, 1.807) is 54.6 Å². The predicted molar refractivity (Wildman–Crippen MR) is 136 cm³/mol. The van der Waals surface area contributed by atoms with Crippen LogP contribution >= 0.6 is 0 Å². The van der Waals surface area contributed by atoms with Crippen molar-refractivity contribution in [2.24, 2.45) is 5.73 Å². The van der Waals surface area contributed by atoms with Crippen molar-refractivity contribution in [2.45, 2.75) is 20.4 Å². The number of benzene rings is 3. The van der Waals surface area contributed by atoms with Gasteiger partial charge in [-0.3, -0.25) is 14.7 Å². The number of aromatic nitrogens is 2. The number of phenols is 1. The number of hydrogen-bond donors (Lipinski definition) is 6. The molecule has 0 fully saturated rings. The maximum absolute atomic E-state index is 12.5. The van der Waals surface area contributed by atoms with Gasteiger partial charge in [-0.2, -0.15) is 5.10 Å². The number of nitrogens with two attached hydrogens (primary N) is 1. The summed E-state index contributed by atoms with van der Waals surface area (Å²) in [6.07, 6.45) is 0. The number of aromatic hydroxyl groups is 1. The zero-order valence-corrected chi connectivity index (χ0v) is 19.3. The van der Waals surface area contributed by atoms with Gasteiger partial charge in [-0.15, -0.1) is 0 Å². The molecule has 35 heavy (non-hydrogen) atoms. The highest BCUT2D eigenvalue weighted by atomic mass is 16.3. The molecule has 7 N–H and O–H groups in total. The van der Waals surface area contributed by atoms with Gasteiger partial charge in [0.2, 0.25) is 0 Å². The molecule has 0 spiro atoms. The van der Waals surface area contributed by atoms with E-state index >= 15 is 0 Å². The molecule has 4 aromatic rings. The Morgan fingerprint density at radius 3 is 2.29 bits per heavy atom. The first kappa shape index (κ1) is 23.4. The molecule has 0 saturated carbocycles. The number of carbonyl (C=O) groups is 2. The summed E-state index contributed by atoms with van der Waals surface area (Å²) in [5.41, 5.74) is 10.8. The molecule has 2 amide bonds. The van der Waals surface area contributed by atoms with Gasteiger partial charge < -0.3 is 26.8 Å². The molecule has 0 aliphatic heterocycles. The van der Waals surface area contributed by atoms with Gasteiger partial charge in [0, 0.05) is 23.5 Å². The van der Waals surface area contributed by atoms with E-state index in [1.165, 1.54) is 0 Å². The monoisotopic (exact) mass is 470 g/mol. The van der Waals surface area contributed by atoms with Crippen molar-refractivity contribution in [2.75, 3.05) is 16.0 Å². The van der Waals surface area contributed by atoms with Crippen LogP contribution in [0.15, 0.2) is 66.7 Å². The molecule has 0 unspecified atom stereocenters. The molecule has 178 valence electrons. The lowest BCUT2D eigenvalue weighted by molar-refractivity contribution is 0.0999. The van der Waals surface area contributed by atoms with E-state index in [-0.39, 0.29) is 17.2 Å². The van der Waals surface area contributed by atoms with Crippen molar-refractivity contribution in [1.29, 1.82) is 0 Å². The zero-order valence-electron chi connectivity index (χ0n) is 19.3.